The number of benzene rings is 10. The Kier molecular flexibility index (Phi) is 12.5. The van der Waals surface area contributed by atoms with E-state index in [9.17, 15) is 20.1 Å². The highest BCUT2D eigenvalue weighted by atomic mass is 16.5. The Balaban J connectivity index is 1.03. The number of nitriles is 2. The van der Waals surface area contributed by atoms with Gasteiger partial charge in [0.25, 0.3) is 0 Å². The van der Waals surface area contributed by atoms with Crippen molar-refractivity contribution < 1.29 is 19.1 Å². The summed E-state index contributed by atoms with van der Waals surface area (Å²) in [4.78, 5) is 43.5. The topological polar surface area (TPSA) is 149 Å². The summed E-state index contributed by atoms with van der Waals surface area (Å²) in [5, 5.41) is 24.5. The standard InChI is InChI=1S/C69H43N7O4/c70-40-44-30-32-47(33-31-44)52-25-15-29-62(76-58-27-13-11-24-54(58)56-39-50(35-37-60(56)76)69(78)80-43-46-18-6-2-7-19-46)64(52)67-73-65(48-20-8-3-9-21-48)72-66(74-67)63-51(41-71)22-14-28-61(63)75-57-26-12-10-23-53(57)55-38-49(34-36-59(55)75)68(77)79-42-45-16-4-1-5-17-45/h1-39H,42-43H2. The molecule has 0 bridgehead atoms. The largest absolute Gasteiger partial charge is 0.457 e. The van der Waals surface area contributed by atoms with Gasteiger partial charge in [0.1, 0.15) is 13.2 Å². The molecule has 0 aliphatic carbocycles. The summed E-state index contributed by atoms with van der Waals surface area (Å²) >= 11 is 0. The van der Waals surface area contributed by atoms with Crippen molar-refractivity contribution in [1.82, 2.24) is 24.1 Å². The van der Waals surface area contributed by atoms with Crippen LogP contribution in [0, 0.1) is 22.7 Å². The predicted octanol–water partition coefficient (Wildman–Crippen LogP) is 15.2. The second kappa shape index (κ2) is 20.7. The molecule has 0 aliphatic rings. The van der Waals surface area contributed by atoms with E-state index in [1.54, 1.807) is 30.3 Å². The first-order valence-corrected chi connectivity index (χ1v) is 25.9. The highest BCUT2D eigenvalue weighted by molar-refractivity contribution is 6.13. The van der Waals surface area contributed by atoms with Crippen molar-refractivity contribution in [1.29, 1.82) is 10.5 Å². The van der Waals surface area contributed by atoms with E-state index in [0.29, 0.717) is 50.7 Å². The van der Waals surface area contributed by atoms with E-state index in [-0.39, 0.29) is 19.0 Å². The lowest BCUT2D eigenvalue weighted by Crippen LogP contribution is -2.08. The van der Waals surface area contributed by atoms with Gasteiger partial charge in [-0.1, -0.05) is 158 Å². The molecular weight excluding hydrogens is 991 g/mol. The number of para-hydroxylation sites is 2. The van der Waals surface area contributed by atoms with Crippen molar-refractivity contribution in [2.45, 2.75) is 13.2 Å². The molecule has 0 fully saturated rings. The number of hydrogen-bond acceptors (Lipinski definition) is 9. The molecule has 3 heterocycles. The molecule has 0 spiro atoms. The molecule has 0 aliphatic heterocycles. The molecule has 378 valence electrons. The van der Waals surface area contributed by atoms with E-state index in [1.807, 2.05) is 206 Å². The van der Waals surface area contributed by atoms with Crippen LogP contribution >= 0.6 is 0 Å². The quantitative estimate of drug-likeness (QED) is 0.109. The van der Waals surface area contributed by atoms with Gasteiger partial charge in [-0.25, -0.2) is 24.5 Å². The van der Waals surface area contributed by atoms with Crippen LogP contribution in [0.1, 0.15) is 43.0 Å². The fraction of sp³-hybridized carbons (Fsp3) is 0.0290. The zero-order valence-corrected chi connectivity index (χ0v) is 42.7. The van der Waals surface area contributed by atoms with E-state index >= 15 is 0 Å². The van der Waals surface area contributed by atoms with Crippen molar-refractivity contribution in [3.8, 4) is 68.8 Å². The molecule has 0 unspecified atom stereocenters. The summed E-state index contributed by atoms with van der Waals surface area (Å²) in [5.41, 5.74) is 11.5. The van der Waals surface area contributed by atoms with Gasteiger partial charge in [0.2, 0.25) is 0 Å². The molecule has 0 N–H and O–H groups in total. The van der Waals surface area contributed by atoms with E-state index in [2.05, 4.69) is 21.3 Å². The molecule has 0 saturated heterocycles. The number of ether oxygens (including phenoxy) is 2. The number of carbonyl (C=O) groups is 2. The van der Waals surface area contributed by atoms with Crippen LogP contribution in [0.3, 0.4) is 0 Å². The first-order valence-electron chi connectivity index (χ1n) is 25.9. The smallest absolute Gasteiger partial charge is 0.338 e. The molecule has 0 saturated carbocycles. The zero-order chi connectivity index (χ0) is 54.1. The van der Waals surface area contributed by atoms with E-state index < -0.39 is 11.9 Å². The van der Waals surface area contributed by atoms with E-state index in [0.717, 1.165) is 77.1 Å². The number of esters is 2. The van der Waals surface area contributed by atoms with E-state index in [1.165, 1.54) is 0 Å². The Morgan fingerprint density at radius 2 is 0.863 bits per heavy atom. The minimum Gasteiger partial charge on any atom is -0.457 e. The fourth-order valence-electron chi connectivity index (χ4n) is 10.6. The Bertz CT molecular complexity index is 4650. The van der Waals surface area contributed by atoms with Gasteiger partial charge in [-0.3, -0.25) is 0 Å². The maximum absolute atomic E-state index is 13.7. The van der Waals surface area contributed by atoms with Crippen molar-refractivity contribution in [3.05, 3.63) is 270 Å². The van der Waals surface area contributed by atoms with Crippen LogP contribution in [-0.2, 0) is 22.7 Å². The minimum absolute atomic E-state index is 0.134. The third-order valence-electron chi connectivity index (χ3n) is 14.4. The first kappa shape index (κ1) is 48.4. The second-order valence-electron chi connectivity index (χ2n) is 19.2. The van der Waals surface area contributed by atoms with Gasteiger partial charge < -0.3 is 18.6 Å². The Morgan fingerprint density at radius 3 is 1.40 bits per heavy atom. The lowest BCUT2D eigenvalue weighted by atomic mass is 9.96. The molecule has 0 atom stereocenters. The summed E-state index contributed by atoms with van der Waals surface area (Å²) < 4.78 is 15.9. The van der Waals surface area contributed by atoms with Crippen LogP contribution < -0.4 is 0 Å². The Morgan fingerprint density at radius 1 is 0.400 bits per heavy atom. The molecule has 11 nitrogen and oxygen atoms in total. The molecule has 3 aromatic heterocycles. The SMILES string of the molecule is N#Cc1ccc(-c2cccc(-n3c4ccccc4c4cc(C(=O)OCc5ccccc5)ccc43)c2-c2nc(-c3ccccc3)nc(-c3c(C#N)cccc3-n3c4ccccc4c4cc(C(=O)OCc5ccccc5)ccc43)n2)cc1. The summed E-state index contributed by atoms with van der Waals surface area (Å²) in [6.07, 6.45) is 0. The van der Waals surface area contributed by atoms with Crippen LogP contribution in [0.25, 0.3) is 100 Å². The molecule has 80 heavy (non-hydrogen) atoms. The van der Waals surface area contributed by atoms with Gasteiger partial charge in [-0.15, -0.1) is 0 Å². The molecule has 0 amide bonds. The molecule has 13 rings (SSSR count). The lowest BCUT2D eigenvalue weighted by molar-refractivity contribution is 0.0464. The average Bonchev–Trinajstić information content (AvgIpc) is 4.20. The summed E-state index contributed by atoms with van der Waals surface area (Å²) in [6, 6.07) is 79.7. The second-order valence-corrected chi connectivity index (χ2v) is 19.2. The van der Waals surface area contributed by atoms with Crippen LogP contribution in [0.15, 0.2) is 237 Å². The van der Waals surface area contributed by atoms with Crippen LogP contribution in [0.5, 0.6) is 0 Å². The number of rotatable bonds is 12. The van der Waals surface area contributed by atoms with Crippen molar-refractivity contribution >= 4 is 55.6 Å². The van der Waals surface area contributed by atoms with Gasteiger partial charge in [0, 0.05) is 27.1 Å². The maximum atomic E-state index is 13.7. The van der Waals surface area contributed by atoms with Gasteiger partial charge in [0.15, 0.2) is 17.5 Å². The minimum atomic E-state index is -0.448. The van der Waals surface area contributed by atoms with Crippen molar-refractivity contribution in [3.63, 3.8) is 0 Å². The highest BCUT2D eigenvalue weighted by Crippen LogP contribution is 2.43. The van der Waals surface area contributed by atoms with Gasteiger partial charge in [-0.2, -0.15) is 10.5 Å². The van der Waals surface area contributed by atoms with Gasteiger partial charge >= 0.3 is 11.9 Å². The monoisotopic (exact) mass is 1030 g/mol. The van der Waals surface area contributed by atoms with Crippen molar-refractivity contribution in [2.24, 2.45) is 0 Å². The summed E-state index contributed by atoms with van der Waals surface area (Å²) in [5.74, 6) is 0.0390. The molecule has 13 aromatic rings. The van der Waals surface area contributed by atoms with Gasteiger partial charge in [-0.05, 0) is 101 Å². The number of nitrogens with zero attached hydrogens (tertiary/aromatic N) is 7. The Labute approximate surface area is 459 Å². The highest BCUT2D eigenvalue weighted by Gasteiger charge is 2.27. The lowest BCUT2D eigenvalue weighted by Gasteiger charge is -2.19. The number of aromatic nitrogens is 5. The fourth-order valence-corrected chi connectivity index (χ4v) is 10.6. The molecule has 0 radical (unpaired) electrons. The summed E-state index contributed by atoms with van der Waals surface area (Å²) in [7, 11) is 0. The van der Waals surface area contributed by atoms with Crippen LogP contribution in [-0.4, -0.2) is 36.0 Å². The van der Waals surface area contributed by atoms with Crippen molar-refractivity contribution in [2.75, 3.05) is 0 Å². The van der Waals surface area contributed by atoms with Crippen LogP contribution in [0.4, 0.5) is 0 Å². The van der Waals surface area contributed by atoms with E-state index in [4.69, 9.17) is 24.4 Å². The number of hydrogen-bond donors (Lipinski definition) is 0. The predicted molar refractivity (Wildman–Crippen MR) is 311 cm³/mol. The number of carbonyl (C=O) groups excluding carboxylic acids is 2. The molecular formula is C69H43N7O4. The first-order chi connectivity index (χ1) is 39.4. The normalized spacial score (nSPS) is 11.2. The number of fused-ring (bicyclic) bond motifs is 6. The molecule has 10 aromatic carbocycles. The maximum Gasteiger partial charge on any atom is 0.338 e. The Hall–Kier alpha value is -11.3. The summed E-state index contributed by atoms with van der Waals surface area (Å²) in [6.45, 7) is 0.271. The third-order valence-corrected chi connectivity index (χ3v) is 14.4. The third kappa shape index (κ3) is 8.83. The average molecular weight is 1030 g/mol. The molecule has 11 heteroatoms. The zero-order valence-electron chi connectivity index (χ0n) is 42.7. The van der Waals surface area contributed by atoms with Gasteiger partial charge in [0.05, 0.1) is 79.0 Å². The van der Waals surface area contributed by atoms with Crippen LogP contribution in [0.2, 0.25) is 0 Å².